The van der Waals surface area contributed by atoms with Crippen molar-refractivity contribution in [3.8, 4) is 22.4 Å². The molecule has 0 atom stereocenters. The van der Waals surface area contributed by atoms with Gasteiger partial charge < -0.3 is 10.7 Å². The molecule has 2 aromatic heterocycles. The zero-order valence-corrected chi connectivity index (χ0v) is 11.9. The molecule has 5 heteroatoms. The van der Waals surface area contributed by atoms with Gasteiger partial charge in [-0.25, -0.2) is 0 Å². The van der Waals surface area contributed by atoms with E-state index in [4.69, 9.17) is 5.73 Å². The second-order valence-electron chi connectivity index (χ2n) is 5.04. The van der Waals surface area contributed by atoms with Crippen molar-refractivity contribution in [3.63, 3.8) is 0 Å². The number of pyridine rings is 1. The average molecular weight is 280 g/mol. The highest BCUT2D eigenvalue weighted by Crippen LogP contribution is 2.35. The van der Waals surface area contributed by atoms with Crippen molar-refractivity contribution < 1.29 is 0 Å². The van der Waals surface area contributed by atoms with Crippen molar-refractivity contribution >= 4 is 5.82 Å². The minimum absolute atomic E-state index is 0.160. The first-order chi connectivity index (χ1) is 10.1. The zero-order chi connectivity index (χ0) is 15.0. The highest BCUT2D eigenvalue weighted by molar-refractivity contribution is 5.88. The lowest BCUT2D eigenvalue weighted by atomic mass is 10.00. The van der Waals surface area contributed by atoms with Crippen LogP contribution in [0.15, 0.2) is 47.4 Å². The van der Waals surface area contributed by atoms with E-state index in [1.54, 1.807) is 17.9 Å². The van der Waals surface area contributed by atoms with Crippen LogP contribution in [0.3, 0.4) is 0 Å². The monoisotopic (exact) mass is 280 g/mol. The first-order valence-corrected chi connectivity index (χ1v) is 6.65. The summed E-state index contributed by atoms with van der Waals surface area (Å²) < 4.78 is 1.63. The largest absolute Gasteiger partial charge is 0.383 e. The Labute approximate surface area is 122 Å². The standard InChI is InChI=1S/C16H16N4O/c1-10-4-3-5-11(8-10)14-15(19-20(2)16(14)17)12-6-7-18-13(21)9-12/h3-9H,17H2,1-2H3,(H,18,21). The molecule has 0 aliphatic rings. The van der Waals surface area contributed by atoms with Crippen LogP contribution >= 0.6 is 0 Å². The van der Waals surface area contributed by atoms with Crippen LogP contribution in [0.5, 0.6) is 0 Å². The Morgan fingerprint density at radius 1 is 1.19 bits per heavy atom. The number of aryl methyl sites for hydroxylation is 2. The third kappa shape index (κ3) is 2.33. The Hall–Kier alpha value is -2.82. The van der Waals surface area contributed by atoms with Crippen LogP contribution in [0.25, 0.3) is 22.4 Å². The number of nitrogens with two attached hydrogens (primary N) is 1. The van der Waals surface area contributed by atoms with E-state index in [9.17, 15) is 4.79 Å². The Kier molecular flexibility index (Phi) is 3.10. The summed E-state index contributed by atoms with van der Waals surface area (Å²) in [5.41, 5.74) is 10.5. The number of nitrogens with one attached hydrogen (secondary N) is 1. The number of hydrogen-bond acceptors (Lipinski definition) is 3. The molecule has 0 spiro atoms. The first kappa shape index (κ1) is 13.2. The highest BCUT2D eigenvalue weighted by Gasteiger charge is 2.17. The SMILES string of the molecule is Cc1cccc(-c2c(-c3cc[nH]c(=O)c3)nn(C)c2N)c1. The van der Waals surface area contributed by atoms with E-state index in [0.717, 1.165) is 22.3 Å². The van der Waals surface area contributed by atoms with E-state index in [2.05, 4.69) is 16.1 Å². The molecule has 0 saturated heterocycles. The van der Waals surface area contributed by atoms with Crippen LogP contribution in [-0.4, -0.2) is 14.8 Å². The molecule has 0 aliphatic carbocycles. The van der Waals surface area contributed by atoms with Crippen molar-refractivity contribution in [2.24, 2.45) is 7.05 Å². The Morgan fingerprint density at radius 2 is 2.00 bits per heavy atom. The van der Waals surface area contributed by atoms with Gasteiger partial charge in [0.05, 0.1) is 5.56 Å². The number of benzene rings is 1. The highest BCUT2D eigenvalue weighted by atomic mass is 16.1. The van der Waals surface area contributed by atoms with Gasteiger partial charge in [-0.3, -0.25) is 9.48 Å². The maximum absolute atomic E-state index is 11.5. The van der Waals surface area contributed by atoms with Crippen LogP contribution < -0.4 is 11.3 Å². The lowest BCUT2D eigenvalue weighted by Crippen LogP contribution is -2.02. The molecule has 5 nitrogen and oxygen atoms in total. The normalized spacial score (nSPS) is 10.8. The number of anilines is 1. The second kappa shape index (κ2) is 4.94. The minimum atomic E-state index is -0.160. The van der Waals surface area contributed by atoms with Crippen molar-refractivity contribution in [2.75, 3.05) is 5.73 Å². The smallest absolute Gasteiger partial charge is 0.248 e. The van der Waals surface area contributed by atoms with E-state index in [1.807, 2.05) is 31.2 Å². The fourth-order valence-corrected chi connectivity index (χ4v) is 2.42. The lowest BCUT2D eigenvalue weighted by Gasteiger charge is -2.05. The van der Waals surface area contributed by atoms with Gasteiger partial charge in [-0.05, 0) is 18.6 Å². The van der Waals surface area contributed by atoms with E-state index in [1.165, 1.54) is 6.07 Å². The number of hydrogen-bond donors (Lipinski definition) is 2. The molecule has 0 fully saturated rings. The van der Waals surface area contributed by atoms with Crippen molar-refractivity contribution in [1.29, 1.82) is 0 Å². The van der Waals surface area contributed by atoms with Crippen molar-refractivity contribution in [2.45, 2.75) is 6.92 Å². The number of H-pyrrole nitrogens is 1. The maximum atomic E-state index is 11.5. The van der Waals surface area contributed by atoms with Crippen LogP contribution in [0.4, 0.5) is 5.82 Å². The minimum Gasteiger partial charge on any atom is -0.383 e. The molecular weight excluding hydrogens is 264 g/mol. The molecule has 21 heavy (non-hydrogen) atoms. The summed E-state index contributed by atoms with van der Waals surface area (Å²) in [5.74, 6) is 0.580. The number of nitrogen functional groups attached to an aromatic ring is 1. The van der Waals surface area contributed by atoms with E-state index in [0.29, 0.717) is 11.5 Å². The van der Waals surface area contributed by atoms with Crippen LogP contribution in [-0.2, 0) is 7.05 Å². The van der Waals surface area contributed by atoms with Crippen LogP contribution in [0.2, 0.25) is 0 Å². The molecule has 0 saturated carbocycles. The number of aromatic nitrogens is 3. The molecule has 0 bridgehead atoms. The zero-order valence-electron chi connectivity index (χ0n) is 11.9. The molecule has 2 heterocycles. The maximum Gasteiger partial charge on any atom is 0.248 e. The first-order valence-electron chi connectivity index (χ1n) is 6.65. The second-order valence-corrected chi connectivity index (χ2v) is 5.04. The Balaban J connectivity index is 2.28. The summed E-state index contributed by atoms with van der Waals surface area (Å²) in [6.07, 6.45) is 1.61. The predicted molar refractivity (Wildman–Crippen MR) is 83.9 cm³/mol. The van der Waals surface area contributed by atoms with Crippen LogP contribution in [0.1, 0.15) is 5.56 Å². The summed E-state index contributed by atoms with van der Waals surface area (Å²) in [5, 5.41) is 4.47. The van der Waals surface area contributed by atoms with Gasteiger partial charge in [-0.15, -0.1) is 0 Å². The quantitative estimate of drug-likeness (QED) is 0.756. The van der Waals surface area contributed by atoms with Gasteiger partial charge in [0.25, 0.3) is 0 Å². The topological polar surface area (TPSA) is 76.7 Å². The summed E-state index contributed by atoms with van der Waals surface area (Å²) >= 11 is 0. The molecular formula is C16H16N4O. The third-order valence-corrected chi connectivity index (χ3v) is 3.45. The number of nitrogens with zero attached hydrogens (tertiary/aromatic N) is 2. The molecule has 0 unspecified atom stereocenters. The van der Waals surface area contributed by atoms with Gasteiger partial charge in [0.15, 0.2) is 0 Å². The van der Waals surface area contributed by atoms with Gasteiger partial charge in [-0.1, -0.05) is 29.8 Å². The van der Waals surface area contributed by atoms with E-state index in [-0.39, 0.29) is 5.56 Å². The number of aromatic amines is 1. The molecule has 3 rings (SSSR count). The van der Waals surface area contributed by atoms with Crippen molar-refractivity contribution in [1.82, 2.24) is 14.8 Å². The summed E-state index contributed by atoms with van der Waals surface area (Å²) in [7, 11) is 1.80. The molecule has 0 aliphatic heterocycles. The summed E-state index contributed by atoms with van der Waals surface area (Å²) in [6.45, 7) is 2.03. The fourth-order valence-electron chi connectivity index (χ4n) is 2.42. The van der Waals surface area contributed by atoms with Gasteiger partial charge in [-0.2, -0.15) is 5.10 Å². The molecule has 0 radical (unpaired) electrons. The molecule has 3 N–H and O–H groups in total. The Morgan fingerprint density at radius 3 is 2.71 bits per heavy atom. The predicted octanol–water partition coefficient (Wildman–Crippen LogP) is 2.33. The van der Waals surface area contributed by atoms with Gasteiger partial charge in [0.1, 0.15) is 11.5 Å². The Bertz CT molecular complexity index is 861. The average Bonchev–Trinajstić information content (AvgIpc) is 2.75. The number of rotatable bonds is 2. The molecule has 0 amide bonds. The van der Waals surface area contributed by atoms with E-state index >= 15 is 0 Å². The molecule has 106 valence electrons. The van der Waals surface area contributed by atoms with Gasteiger partial charge in [0.2, 0.25) is 5.56 Å². The van der Waals surface area contributed by atoms with Gasteiger partial charge >= 0.3 is 0 Å². The summed E-state index contributed by atoms with van der Waals surface area (Å²) in [4.78, 5) is 14.1. The molecule has 3 aromatic rings. The van der Waals surface area contributed by atoms with E-state index < -0.39 is 0 Å². The molecule has 1 aromatic carbocycles. The lowest BCUT2D eigenvalue weighted by molar-refractivity contribution is 0.782. The van der Waals surface area contributed by atoms with Crippen molar-refractivity contribution in [3.05, 3.63) is 58.5 Å². The fraction of sp³-hybridized carbons (Fsp3) is 0.125. The third-order valence-electron chi connectivity index (χ3n) is 3.45. The van der Waals surface area contributed by atoms with Gasteiger partial charge in [0, 0.05) is 24.9 Å². The summed E-state index contributed by atoms with van der Waals surface area (Å²) in [6, 6.07) is 11.4. The van der Waals surface area contributed by atoms with Crippen LogP contribution in [0, 0.1) is 6.92 Å².